The number of hydrogen-bond donors (Lipinski definition) is 2. The molecule has 18 heavy (non-hydrogen) atoms. The van der Waals surface area contributed by atoms with Gasteiger partial charge in [0.15, 0.2) is 0 Å². The fourth-order valence-corrected chi connectivity index (χ4v) is 2.36. The lowest BCUT2D eigenvalue weighted by atomic mass is 9.91. The summed E-state index contributed by atoms with van der Waals surface area (Å²) in [5.74, 6) is 0. The molecule has 1 saturated heterocycles. The zero-order valence-electron chi connectivity index (χ0n) is 11.3. The van der Waals surface area contributed by atoms with Crippen molar-refractivity contribution in [3.8, 4) is 0 Å². The van der Waals surface area contributed by atoms with Crippen LogP contribution in [0.25, 0.3) is 0 Å². The Morgan fingerprint density at radius 2 is 2.11 bits per heavy atom. The van der Waals surface area contributed by atoms with E-state index in [4.69, 9.17) is 4.74 Å². The normalized spacial score (nSPS) is 27.7. The number of rotatable bonds is 4. The number of β-amino-alcohol motifs (C(OH)–C–C–N with tert-alkyl or cyclic N) is 1. The molecule has 2 rings (SSSR count). The Morgan fingerprint density at radius 3 is 2.72 bits per heavy atom. The van der Waals surface area contributed by atoms with Crippen LogP contribution in [0, 0.1) is 0 Å². The lowest BCUT2D eigenvalue weighted by Gasteiger charge is -2.37. The maximum Gasteiger partial charge on any atom is 0.0992 e. The highest BCUT2D eigenvalue weighted by Crippen LogP contribution is 2.23. The van der Waals surface area contributed by atoms with Crippen molar-refractivity contribution < 1.29 is 9.84 Å². The quantitative estimate of drug-likeness (QED) is 0.858. The van der Waals surface area contributed by atoms with Crippen LogP contribution in [-0.4, -0.2) is 30.4 Å². The molecule has 2 N–H and O–H groups in total. The van der Waals surface area contributed by atoms with Crippen LogP contribution in [0.5, 0.6) is 0 Å². The summed E-state index contributed by atoms with van der Waals surface area (Å²) in [5, 5.41) is 14.0. The van der Waals surface area contributed by atoms with Crippen molar-refractivity contribution in [2.45, 2.75) is 37.8 Å². The van der Waals surface area contributed by atoms with Gasteiger partial charge in [0.2, 0.25) is 0 Å². The van der Waals surface area contributed by atoms with Gasteiger partial charge in [-0.1, -0.05) is 30.3 Å². The first-order chi connectivity index (χ1) is 8.52. The highest BCUT2D eigenvalue weighted by molar-refractivity contribution is 5.21. The fourth-order valence-electron chi connectivity index (χ4n) is 2.36. The lowest BCUT2D eigenvalue weighted by molar-refractivity contribution is 0.00307. The maximum atomic E-state index is 10.5. The highest BCUT2D eigenvalue weighted by Gasteiger charge is 2.31. The van der Waals surface area contributed by atoms with Crippen LogP contribution in [0.2, 0.25) is 0 Å². The third kappa shape index (κ3) is 3.31. The summed E-state index contributed by atoms with van der Waals surface area (Å²) in [4.78, 5) is 0. The van der Waals surface area contributed by atoms with Crippen LogP contribution in [0.1, 0.15) is 32.3 Å². The number of nitrogens with one attached hydrogen (secondary N) is 1. The van der Waals surface area contributed by atoms with Crippen molar-refractivity contribution in [3.05, 3.63) is 35.9 Å². The van der Waals surface area contributed by atoms with E-state index in [2.05, 4.69) is 12.2 Å². The molecule has 1 heterocycles. The predicted octanol–water partition coefficient (Wildman–Crippen LogP) is 2.05. The van der Waals surface area contributed by atoms with Crippen LogP contribution >= 0.6 is 0 Å². The fraction of sp³-hybridized carbons (Fsp3) is 0.600. The monoisotopic (exact) mass is 249 g/mol. The summed E-state index contributed by atoms with van der Waals surface area (Å²) in [7, 11) is 0. The molecule has 0 radical (unpaired) electrons. The van der Waals surface area contributed by atoms with Crippen molar-refractivity contribution in [3.63, 3.8) is 0 Å². The van der Waals surface area contributed by atoms with Gasteiger partial charge in [0.1, 0.15) is 0 Å². The second kappa shape index (κ2) is 5.39. The van der Waals surface area contributed by atoms with E-state index in [1.165, 1.54) is 0 Å². The molecule has 3 nitrogen and oxygen atoms in total. The highest BCUT2D eigenvalue weighted by atomic mass is 16.5. The standard InChI is InChI=1S/C15H23NO2/c1-14(9-6-10-18-12-14)16-11-15(2,17)13-7-4-3-5-8-13/h3-5,7-8,16-17H,6,9-12H2,1-2H3. The predicted molar refractivity (Wildman–Crippen MR) is 72.5 cm³/mol. The molecule has 0 aromatic heterocycles. The average molecular weight is 249 g/mol. The van der Waals surface area contributed by atoms with E-state index in [0.29, 0.717) is 6.54 Å². The Labute approximate surface area is 109 Å². The molecule has 0 spiro atoms. The Balaban J connectivity index is 1.96. The van der Waals surface area contributed by atoms with Crippen LogP contribution in [0.4, 0.5) is 0 Å². The van der Waals surface area contributed by atoms with Gasteiger partial charge in [0.05, 0.1) is 12.2 Å². The van der Waals surface area contributed by atoms with E-state index >= 15 is 0 Å². The molecular formula is C15H23NO2. The van der Waals surface area contributed by atoms with E-state index in [-0.39, 0.29) is 5.54 Å². The molecule has 1 aromatic carbocycles. The third-order valence-electron chi connectivity index (χ3n) is 3.69. The van der Waals surface area contributed by atoms with Gasteiger partial charge in [-0.25, -0.2) is 0 Å². The molecule has 2 atom stereocenters. The van der Waals surface area contributed by atoms with Gasteiger partial charge in [0.25, 0.3) is 0 Å². The zero-order chi connectivity index (χ0) is 13.1. The van der Waals surface area contributed by atoms with E-state index in [1.807, 2.05) is 37.3 Å². The SMILES string of the molecule is CC1(NCC(C)(O)c2ccccc2)CCCOC1. The van der Waals surface area contributed by atoms with Gasteiger partial charge in [0, 0.05) is 18.7 Å². The van der Waals surface area contributed by atoms with Crippen molar-refractivity contribution in [1.82, 2.24) is 5.32 Å². The number of aliphatic hydroxyl groups is 1. The molecule has 0 aliphatic carbocycles. The first-order valence-corrected chi connectivity index (χ1v) is 6.63. The van der Waals surface area contributed by atoms with Gasteiger partial charge in [-0.3, -0.25) is 0 Å². The van der Waals surface area contributed by atoms with Gasteiger partial charge in [-0.05, 0) is 32.3 Å². The van der Waals surface area contributed by atoms with Crippen LogP contribution in [0.3, 0.4) is 0 Å². The Morgan fingerprint density at radius 1 is 1.39 bits per heavy atom. The molecule has 3 heteroatoms. The lowest BCUT2D eigenvalue weighted by Crippen LogP contribution is -2.53. The van der Waals surface area contributed by atoms with Gasteiger partial charge < -0.3 is 15.2 Å². The van der Waals surface area contributed by atoms with E-state index < -0.39 is 5.60 Å². The summed E-state index contributed by atoms with van der Waals surface area (Å²) < 4.78 is 5.51. The molecule has 1 aliphatic rings. The molecule has 1 aliphatic heterocycles. The molecular weight excluding hydrogens is 226 g/mol. The van der Waals surface area contributed by atoms with Gasteiger partial charge in [-0.2, -0.15) is 0 Å². The van der Waals surface area contributed by atoms with Crippen molar-refractivity contribution in [2.24, 2.45) is 0 Å². The summed E-state index contributed by atoms with van der Waals surface area (Å²) in [5.41, 5.74) is 0.0801. The topological polar surface area (TPSA) is 41.5 Å². The molecule has 0 amide bonds. The third-order valence-corrected chi connectivity index (χ3v) is 3.69. The molecule has 1 fully saturated rings. The maximum absolute atomic E-state index is 10.5. The minimum Gasteiger partial charge on any atom is -0.384 e. The van der Waals surface area contributed by atoms with E-state index in [9.17, 15) is 5.11 Å². The van der Waals surface area contributed by atoms with Gasteiger partial charge in [-0.15, -0.1) is 0 Å². The molecule has 100 valence electrons. The van der Waals surface area contributed by atoms with Crippen molar-refractivity contribution in [1.29, 1.82) is 0 Å². The summed E-state index contributed by atoms with van der Waals surface area (Å²) in [6, 6.07) is 9.79. The number of benzene rings is 1. The molecule has 0 bridgehead atoms. The smallest absolute Gasteiger partial charge is 0.0992 e. The molecule has 0 saturated carbocycles. The van der Waals surface area contributed by atoms with Crippen molar-refractivity contribution >= 4 is 0 Å². The van der Waals surface area contributed by atoms with Gasteiger partial charge >= 0.3 is 0 Å². The minimum absolute atomic E-state index is 0.0168. The average Bonchev–Trinajstić information content (AvgIpc) is 2.39. The second-order valence-corrected chi connectivity index (χ2v) is 5.71. The Kier molecular flexibility index (Phi) is 4.05. The van der Waals surface area contributed by atoms with Crippen molar-refractivity contribution in [2.75, 3.05) is 19.8 Å². The zero-order valence-corrected chi connectivity index (χ0v) is 11.3. The second-order valence-electron chi connectivity index (χ2n) is 5.71. The Bertz CT molecular complexity index is 369. The first kappa shape index (κ1) is 13.5. The van der Waals surface area contributed by atoms with E-state index in [0.717, 1.165) is 31.6 Å². The molecule has 2 unspecified atom stereocenters. The number of hydrogen-bond acceptors (Lipinski definition) is 3. The minimum atomic E-state index is -0.846. The van der Waals surface area contributed by atoms with Crippen LogP contribution < -0.4 is 5.32 Å². The molecule has 1 aromatic rings. The van der Waals surface area contributed by atoms with E-state index in [1.54, 1.807) is 0 Å². The largest absolute Gasteiger partial charge is 0.384 e. The van der Waals surface area contributed by atoms with Crippen LogP contribution in [-0.2, 0) is 10.3 Å². The summed E-state index contributed by atoms with van der Waals surface area (Å²) >= 11 is 0. The Hall–Kier alpha value is -0.900. The summed E-state index contributed by atoms with van der Waals surface area (Å²) in [6.07, 6.45) is 2.18. The summed E-state index contributed by atoms with van der Waals surface area (Å²) in [6.45, 7) is 6.12. The number of ether oxygens (including phenoxy) is 1. The van der Waals surface area contributed by atoms with Crippen LogP contribution in [0.15, 0.2) is 30.3 Å². The first-order valence-electron chi connectivity index (χ1n) is 6.63.